The fourth-order valence-electron chi connectivity index (χ4n) is 3.28. The van der Waals surface area contributed by atoms with E-state index in [2.05, 4.69) is 22.0 Å². The highest BCUT2D eigenvalue weighted by Crippen LogP contribution is 2.23. The fraction of sp³-hybridized carbons (Fsp3) is 0.261. The Hall–Kier alpha value is -2.90. The second-order valence-corrected chi connectivity index (χ2v) is 9.35. The van der Waals surface area contributed by atoms with Crippen molar-refractivity contribution in [2.45, 2.75) is 44.8 Å². The summed E-state index contributed by atoms with van der Waals surface area (Å²) in [4.78, 5) is 11.4. The number of hydrogen-bond donors (Lipinski definition) is 1. The first kappa shape index (κ1) is 21.8. The van der Waals surface area contributed by atoms with Crippen molar-refractivity contribution in [3.8, 4) is 0 Å². The van der Waals surface area contributed by atoms with Crippen LogP contribution in [0.1, 0.15) is 32.0 Å². The molecule has 1 heterocycles. The lowest BCUT2D eigenvalue weighted by Gasteiger charge is -2.26. The average Bonchev–Trinajstić information content (AvgIpc) is 3.13. The molecule has 6 nitrogen and oxygen atoms in total. The van der Waals surface area contributed by atoms with Crippen LogP contribution in [0, 0.1) is 0 Å². The molecule has 1 N–H and O–H groups in total. The van der Waals surface area contributed by atoms with Crippen molar-refractivity contribution in [1.82, 2.24) is 8.87 Å². The van der Waals surface area contributed by atoms with Gasteiger partial charge in [-0.1, -0.05) is 30.3 Å². The molecule has 0 radical (unpaired) electrons. The first-order valence-corrected chi connectivity index (χ1v) is 11.3. The maximum Gasteiger partial charge on any atom is 0.243 e. The Labute approximate surface area is 178 Å². The van der Waals surface area contributed by atoms with Crippen LogP contribution >= 0.6 is 0 Å². The number of sulfonamides is 1. The van der Waals surface area contributed by atoms with Crippen molar-refractivity contribution in [2.75, 3.05) is 5.32 Å². The summed E-state index contributed by atoms with van der Waals surface area (Å²) < 4.78 is 30.2. The Morgan fingerprint density at radius 1 is 1.00 bits per heavy atom. The molecule has 0 unspecified atom stereocenters. The number of nitrogens with one attached hydrogen (secondary N) is 1. The number of carbonyl (C=O) groups excluding carboxylic acids is 1. The van der Waals surface area contributed by atoms with Crippen molar-refractivity contribution in [2.24, 2.45) is 0 Å². The van der Waals surface area contributed by atoms with E-state index in [1.807, 2.05) is 50.4 Å². The maximum absolute atomic E-state index is 13.3. The van der Waals surface area contributed by atoms with Crippen LogP contribution in [-0.4, -0.2) is 29.2 Å². The first-order valence-electron chi connectivity index (χ1n) is 9.85. The quantitative estimate of drug-likeness (QED) is 0.591. The number of rotatable bonds is 8. The van der Waals surface area contributed by atoms with Crippen LogP contribution in [-0.2, 0) is 27.9 Å². The van der Waals surface area contributed by atoms with Gasteiger partial charge in [0, 0.05) is 37.1 Å². The molecule has 0 saturated carbocycles. The minimum absolute atomic E-state index is 0.200. The molecule has 30 heavy (non-hydrogen) atoms. The Kier molecular flexibility index (Phi) is 6.74. The Morgan fingerprint density at radius 2 is 1.67 bits per heavy atom. The minimum Gasteiger partial charge on any atom is -0.346 e. The second kappa shape index (κ2) is 9.28. The lowest BCUT2D eigenvalue weighted by Crippen LogP contribution is -2.37. The highest BCUT2D eigenvalue weighted by Gasteiger charge is 2.28. The van der Waals surface area contributed by atoms with Crippen LogP contribution in [0.15, 0.2) is 77.8 Å². The predicted molar refractivity (Wildman–Crippen MR) is 119 cm³/mol. The fourth-order valence-corrected chi connectivity index (χ4v) is 4.89. The van der Waals surface area contributed by atoms with E-state index in [4.69, 9.17) is 0 Å². The van der Waals surface area contributed by atoms with Crippen molar-refractivity contribution >= 4 is 21.6 Å². The molecule has 0 fully saturated rings. The van der Waals surface area contributed by atoms with Crippen LogP contribution in [0.3, 0.4) is 0 Å². The van der Waals surface area contributed by atoms with Gasteiger partial charge in [0.2, 0.25) is 15.9 Å². The summed E-state index contributed by atoms with van der Waals surface area (Å²) in [7, 11) is -3.70. The lowest BCUT2D eigenvalue weighted by molar-refractivity contribution is -0.114. The Morgan fingerprint density at radius 3 is 2.27 bits per heavy atom. The first-order chi connectivity index (χ1) is 14.3. The summed E-state index contributed by atoms with van der Waals surface area (Å²) in [6, 6.07) is 20.0. The Balaban J connectivity index is 1.84. The van der Waals surface area contributed by atoms with E-state index < -0.39 is 10.0 Å². The van der Waals surface area contributed by atoms with E-state index in [9.17, 15) is 13.2 Å². The number of hydrogen-bond acceptors (Lipinski definition) is 3. The summed E-state index contributed by atoms with van der Waals surface area (Å²) in [5, 5.41) is 2.65. The minimum atomic E-state index is -3.70. The largest absolute Gasteiger partial charge is 0.346 e. The number of amides is 1. The molecule has 0 bridgehead atoms. The third-order valence-electron chi connectivity index (χ3n) is 4.79. The summed E-state index contributed by atoms with van der Waals surface area (Å²) in [6.07, 6.45) is 1.97. The smallest absolute Gasteiger partial charge is 0.243 e. The molecule has 1 amide bonds. The molecular weight excluding hydrogens is 398 g/mol. The SMILES string of the molecule is CC(=O)Nc1ccc(S(=O)(=O)N(Cc2cccn2Cc2ccccc2)C(C)C)cc1. The summed E-state index contributed by atoms with van der Waals surface area (Å²) in [5.74, 6) is -0.200. The molecule has 0 atom stereocenters. The zero-order valence-electron chi connectivity index (χ0n) is 17.4. The van der Waals surface area contributed by atoms with E-state index in [1.54, 1.807) is 12.1 Å². The van der Waals surface area contributed by atoms with Gasteiger partial charge in [-0.2, -0.15) is 4.31 Å². The zero-order chi connectivity index (χ0) is 21.7. The molecule has 7 heteroatoms. The molecule has 0 aliphatic rings. The number of carbonyl (C=O) groups is 1. The van der Waals surface area contributed by atoms with Crippen molar-refractivity contribution < 1.29 is 13.2 Å². The van der Waals surface area contributed by atoms with Gasteiger partial charge in [0.05, 0.1) is 11.4 Å². The molecule has 2 aromatic carbocycles. The van der Waals surface area contributed by atoms with E-state index in [1.165, 1.54) is 23.4 Å². The van der Waals surface area contributed by atoms with Gasteiger partial charge in [-0.3, -0.25) is 4.79 Å². The molecule has 0 aliphatic heterocycles. The molecular formula is C23H27N3O3S. The van der Waals surface area contributed by atoms with Gasteiger partial charge in [0.1, 0.15) is 0 Å². The third-order valence-corrected chi connectivity index (χ3v) is 6.83. The van der Waals surface area contributed by atoms with Crippen molar-refractivity contribution in [1.29, 1.82) is 0 Å². The highest BCUT2D eigenvalue weighted by molar-refractivity contribution is 7.89. The van der Waals surface area contributed by atoms with E-state index >= 15 is 0 Å². The van der Waals surface area contributed by atoms with Gasteiger partial charge < -0.3 is 9.88 Å². The third kappa shape index (κ3) is 5.17. The van der Waals surface area contributed by atoms with Crippen LogP contribution < -0.4 is 5.32 Å². The van der Waals surface area contributed by atoms with E-state index in [0.717, 1.165) is 11.3 Å². The van der Waals surface area contributed by atoms with Crippen LogP contribution in [0.5, 0.6) is 0 Å². The molecule has 0 saturated heterocycles. The standard InChI is InChI=1S/C23H27N3O3S/c1-18(2)26(30(28,29)23-13-11-21(12-14-23)24-19(3)27)17-22-10-7-15-25(22)16-20-8-5-4-6-9-20/h4-15,18H,16-17H2,1-3H3,(H,24,27). The van der Waals surface area contributed by atoms with Gasteiger partial charge in [-0.05, 0) is 55.8 Å². The summed E-state index contributed by atoms with van der Waals surface area (Å²) in [5.41, 5.74) is 2.64. The number of benzene rings is 2. The van der Waals surface area contributed by atoms with Gasteiger partial charge >= 0.3 is 0 Å². The molecule has 0 aliphatic carbocycles. The lowest BCUT2D eigenvalue weighted by atomic mass is 10.2. The topological polar surface area (TPSA) is 71.4 Å². The van der Waals surface area contributed by atoms with Crippen molar-refractivity contribution in [3.05, 3.63) is 84.2 Å². The molecule has 3 rings (SSSR count). The van der Waals surface area contributed by atoms with Crippen molar-refractivity contribution in [3.63, 3.8) is 0 Å². The number of nitrogens with zero attached hydrogens (tertiary/aromatic N) is 2. The molecule has 0 spiro atoms. The van der Waals surface area contributed by atoms with E-state index in [-0.39, 0.29) is 23.4 Å². The maximum atomic E-state index is 13.3. The van der Waals surface area contributed by atoms with Gasteiger partial charge in [-0.15, -0.1) is 0 Å². The number of anilines is 1. The summed E-state index contributed by atoms with van der Waals surface area (Å²) >= 11 is 0. The average molecular weight is 426 g/mol. The second-order valence-electron chi connectivity index (χ2n) is 7.46. The monoisotopic (exact) mass is 425 g/mol. The normalized spacial score (nSPS) is 11.8. The van der Waals surface area contributed by atoms with Gasteiger partial charge in [0.15, 0.2) is 0 Å². The van der Waals surface area contributed by atoms with Gasteiger partial charge in [0.25, 0.3) is 0 Å². The highest BCUT2D eigenvalue weighted by atomic mass is 32.2. The predicted octanol–water partition coefficient (Wildman–Crippen LogP) is 4.09. The van der Waals surface area contributed by atoms with Gasteiger partial charge in [-0.25, -0.2) is 8.42 Å². The van der Waals surface area contributed by atoms with Crippen LogP contribution in [0.4, 0.5) is 5.69 Å². The molecule has 1 aromatic heterocycles. The van der Waals surface area contributed by atoms with E-state index in [0.29, 0.717) is 12.2 Å². The Bertz CT molecular complexity index is 1090. The molecule has 3 aromatic rings. The van der Waals surface area contributed by atoms with Crippen LogP contribution in [0.2, 0.25) is 0 Å². The summed E-state index contributed by atoms with van der Waals surface area (Å²) in [6.45, 7) is 6.10. The molecule has 158 valence electrons. The van der Waals surface area contributed by atoms with Crippen LogP contribution in [0.25, 0.3) is 0 Å². The number of aromatic nitrogens is 1. The zero-order valence-corrected chi connectivity index (χ0v) is 18.3.